The van der Waals surface area contributed by atoms with Gasteiger partial charge in [-0.15, -0.1) is 0 Å². The summed E-state index contributed by atoms with van der Waals surface area (Å²) in [4.78, 5) is 10.7. The van der Waals surface area contributed by atoms with Crippen molar-refractivity contribution in [3.63, 3.8) is 0 Å². The number of hydrogen-bond donors (Lipinski definition) is 0. The summed E-state index contributed by atoms with van der Waals surface area (Å²) in [5.74, 6) is 0.538. The van der Waals surface area contributed by atoms with Crippen molar-refractivity contribution in [3.05, 3.63) is 38.9 Å². The summed E-state index contributed by atoms with van der Waals surface area (Å²) in [6, 6.07) is 7.09. The van der Waals surface area contributed by atoms with Gasteiger partial charge in [-0.1, -0.05) is 31.0 Å². The summed E-state index contributed by atoms with van der Waals surface area (Å²) < 4.78 is 0. The van der Waals surface area contributed by atoms with E-state index in [-0.39, 0.29) is 5.69 Å². The van der Waals surface area contributed by atoms with E-state index in [1.807, 2.05) is 0 Å². The second-order valence-electron chi connectivity index (χ2n) is 5.58. The lowest BCUT2D eigenvalue weighted by molar-refractivity contribution is -0.385. The van der Waals surface area contributed by atoms with Gasteiger partial charge in [0.25, 0.3) is 5.69 Å². The van der Waals surface area contributed by atoms with E-state index in [1.54, 1.807) is 12.1 Å². The van der Waals surface area contributed by atoms with Crippen molar-refractivity contribution in [3.8, 4) is 6.07 Å². The van der Waals surface area contributed by atoms with Gasteiger partial charge in [-0.25, -0.2) is 0 Å². The number of nitriles is 1. The van der Waals surface area contributed by atoms with Crippen LogP contribution in [0.25, 0.3) is 0 Å². The van der Waals surface area contributed by atoms with Crippen LogP contribution in [0.5, 0.6) is 0 Å². The van der Waals surface area contributed by atoms with Gasteiger partial charge in [0.1, 0.15) is 0 Å². The number of nitro groups is 1. The number of halogens is 1. The first-order valence-electron chi connectivity index (χ1n) is 6.84. The third kappa shape index (κ3) is 2.78. The summed E-state index contributed by atoms with van der Waals surface area (Å²) in [6.07, 6.45) is 4.04. The van der Waals surface area contributed by atoms with Crippen LogP contribution in [0.3, 0.4) is 0 Å². The van der Waals surface area contributed by atoms with Crippen LogP contribution in [0.2, 0.25) is 5.02 Å². The minimum absolute atomic E-state index is 0.0204. The topological polar surface area (TPSA) is 66.9 Å². The van der Waals surface area contributed by atoms with Crippen LogP contribution in [0.15, 0.2) is 18.2 Å². The SMILES string of the molecule is CCC1CCC(C#N)(Cc2c(Cl)cccc2[N+](=O)[O-])C1. The molecule has 0 aromatic heterocycles. The van der Waals surface area contributed by atoms with E-state index in [4.69, 9.17) is 11.6 Å². The van der Waals surface area contributed by atoms with E-state index in [0.717, 1.165) is 25.7 Å². The third-order valence-corrected chi connectivity index (χ3v) is 4.69. The Kier molecular flexibility index (Phi) is 4.29. The lowest BCUT2D eigenvalue weighted by Crippen LogP contribution is -2.19. The van der Waals surface area contributed by atoms with Crippen molar-refractivity contribution in [1.29, 1.82) is 5.26 Å². The van der Waals surface area contributed by atoms with Gasteiger partial charge in [-0.05, 0) is 37.7 Å². The van der Waals surface area contributed by atoms with Crippen LogP contribution in [-0.4, -0.2) is 4.92 Å². The number of benzene rings is 1. The lowest BCUT2D eigenvalue weighted by atomic mass is 9.80. The molecule has 0 spiro atoms. The fourth-order valence-corrected chi connectivity index (χ4v) is 3.36. The first-order chi connectivity index (χ1) is 9.51. The normalized spacial score (nSPS) is 25.4. The highest BCUT2D eigenvalue weighted by molar-refractivity contribution is 6.31. The Labute approximate surface area is 123 Å². The van der Waals surface area contributed by atoms with Crippen LogP contribution in [0.4, 0.5) is 5.69 Å². The maximum Gasteiger partial charge on any atom is 0.274 e. The molecule has 2 rings (SSSR count). The predicted octanol–water partition coefficient (Wildman–Crippen LogP) is 4.51. The van der Waals surface area contributed by atoms with Gasteiger partial charge in [-0.2, -0.15) is 5.26 Å². The summed E-state index contributed by atoms with van der Waals surface area (Å²) in [5.41, 5.74) is 0.0146. The molecule has 1 fully saturated rings. The number of nitro benzene ring substituents is 1. The number of hydrogen-bond acceptors (Lipinski definition) is 3. The molecule has 5 heteroatoms. The van der Waals surface area contributed by atoms with E-state index < -0.39 is 10.3 Å². The van der Waals surface area contributed by atoms with E-state index in [9.17, 15) is 15.4 Å². The Morgan fingerprint density at radius 1 is 1.60 bits per heavy atom. The second-order valence-corrected chi connectivity index (χ2v) is 5.99. The van der Waals surface area contributed by atoms with Crippen molar-refractivity contribution in [1.82, 2.24) is 0 Å². The molecule has 0 saturated heterocycles. The average Bonchev–Trinajstić information content (AvgIpc) is 2.85. The molecule has 0 amide bonds. The van der Waals surface area contributed by atoms with Gasteiger partial charge in [0.2, 0.25) is 0 Å². The molecule has 20 heavy (non-hydrogen) atoms. The summed E-state index contributed by atoms with van der Waals surface area (Å²) in [6.45, 7) is 2.12. The van der Waals surface area contributed by atoms with Gasteiger partial charge in [0, 0.05) is 11.6 Å². The van der Waals surface area contributed by atoms with Crippen molar-refractivity contribution < 1.29 is 4.92 Å². The molecule has 0 N–H and O–H groups in total. The number of rotatable bonds is 4. The summed E-state index contributed by atoms with van der Waals surface area (Å²) in [5, 5.41) is 21.1. The molecule has 4 nitrogen and oxygen atoms in total. The Morgan fingerprint density at radius 2 is 2.35 bits per heavy atom. The zero-order valence-electron chi connectivity index (χ0n) is 11.4. The molecular formula is C15H17ClN2O2. The fourth-order valence-electron chi connectivity index (χ4n) is 3.12. The van der Waals surface area contributed by atoms with Gasteiger partial charge >= 0.3 is 0 Å². The van der Waals surface area contributed by atoms with Crippen LogP contribution in [0.1, 0.15) is 38.2 Å². The first kappa shape index (κ1) is 14.8. The second kappa shape index (κ2) is 5.80. The fraction of sp³-hybridized carbons (Fsp3) is 0.533. The predicted molar refractivity (Wildman–Crippen MR) is 77.5 cm³/mol. The molecule has 106 valence electrons. The first-order valence-corrected chi connectivity index (χ1v) is 7.22. The van der Waals surface area contributed by atoms with Crippen molar-refractivity contribution >= 4 is 17.3 Å². The Bertz CT molecular complexity index is 567. The van der Waals surface area contributed by atoms with Gasteiger partial charge < -0.3 is 0 Å². The zero-order chi connectivity index (χ0) is 14.8. The Morgan fingerprint density at radius 3 is 2.90 bits per heavy atom. The number of nitrogens with zero attached hydrogens (tertiary/aromatic N) is 2. The van der Waals surface area contributed by atoms with E-state index in [2.05, 4.69) is 13.0 Å². The van der Waals surface area contributed by atoms with E-state index in [1.165, 1.54) is 6.07 Å². The van der Waals surface area contributed by atoms with Gasteiger partial charge in [0.15, 0.2) is 0 Å². The standard InChI is InChI=1S/C15H17ClN2O2/c1-2-11-6-7-15(8-11,10-17)9-12-13(16)4-3-5-14(12)18(19)20/h3-5,11H,2,6-9H2,1H3. The summed E-state index contributed by atoms with van der Waals surface area (Å²) >= 11 is 6.13. The minimum atomic E-state index is -0.504. The van der Waals surface area contributed by atoms with Crippen LogP contribution in [0, 0.1) is 32.8 Å². The third-order valence-electron chi connectivity index (χ3n) is 4.33. The molecule has 2 atom stereocenters. The maximum absolute atomic E-state index is 11.1. The van der Waals surface area contributed by atoms with E-state index >= 15 is 0 Å². The Hall–Kier alpha value is -1.60. The molecule has 0 bridgehead atoms. The quantitative estimate of drug-likeness (QED) is 0.605. The maximum atomic E-state index is 11.1. The molecule has 1 aromatic rings. The molecule has 1 aromatic carbocycles. The van der Waals surface area contributed by atoms with Crippen LogP contribution >= 0.6 is 11.6 Å². The molecular weight excluding hydrogens is 276 g/mol. The zero-order valence-corrected chi connectivity index (χ0v) is 12.2. The Balaban J connectivity index is 2.34. The molecule has 0 aliphatic heterocycles. The van der Waals surface area contributed by atoms with Gasteiger partial charge in [0.05, 0.1) is 21.4 Å². The van der Waals surface area contributed by atoms with E-state index in [0.29, 0.717) is 22.9 Å². The monoisotopic (exact) mass is 292 g/mol. The lowest BCUT2D eigenvalue weighted by Gasteiger charge is -2.21. The summed E-state index contributed by atoms with van der Waals surface area (Å²) in [7, 11) is 0. The van der Waals surface area contributed by atoms with Crippen molar-refractivity contribution in [2.75, 3.05) is 0 Å². The van der Waals surface area contributed by atoms with Crippen molar-refractivity contribution in [2.45, 2.75) is 39.0 Å². The highest BCUT2D eigenvalue weighted by Crippen LogP contribution is 2.46. The van der Waals surface area contributed by atoms with Crippen LogP contribution in [-0.2, 0) is 6.42 Å². The average molecular weight is 293 g/mol. The highest BCUT2D eigenvalue weighted by Gasteiger charge is 2.40. The molecule has 1 aliphatic rings. The molecule has 0 heterocycles. The smallest absolute Gasteiger partial charge is 0.258 e. The van der Waals surface area contributed by atoms with Crippen molar-refractivity contribution in [2.24, 2.45) is 11.3 Å². The van der Waals surface area contributed by atoms with Gasteiger partial charge in [-0.3, -0.25) is 10.1 Å². The highest BCUT2D eigenvalue weighted by atomic mass is 35.5. The van der Waals surface area contributed by atoms with Crippen LogP contribution < -0.4 is 0 Å². The molecule has 1 aliphatic carbocycles. The molecule has 2 unspecified atom stereocenters. The minimum Gasteiger partial charge on any atom is -0.258 e. The largest absolute Gasteiger partial charge is 0.274 e. The molecule has 1 saturated carbocycles. The molecule has 0 radical (unpaired) electrons.